The van der Waals surface area contributed by atoms with Crippen molar-refractivity contribution in [2.24, 2.45) is 39.4 Å². The van der Waals surface area contributed by atoms with Crippen LogP contribution in [0.4, 0.5) is 0 Å². The summed E-state index contributed by atoms with van der Waals surface area (Å²) in [4.78, 5) is 40.0. The number of Topliss-reactive ketones (excluding diaryl/α,β-unsaturated/α-hetero) is 2. The molecule has 51 heavy (non-hydrogen) atoms. The van der Waals surface area contributed by atoms with Gasteiger partial charge in [0, 0.05) is 36.5 Å². The highest BCUT2D eigenvalue weighted by atomic mass is 16.7. The summed E-state index contributed by atoms with van der Waals surface area (Å²) in [6, 6.07) is 0. The molecule has 3 saturated carbocycles. The van der Waals surface area contributed by atoms with Gasteiger partial charge in [-0.25, -0.2) is 0 Å². The summed E-state index contributed by atoms with van der Waals surface area (Å²) in [6.07, 6.45) is -7.59. The van der Waals surface area contributed by atoms with Crippen LogP contribution in [0.15, 0.2) is 11.6 Å². The fourth-order valence-electron chi connectivity index (χ4n) is 11.4. The van der Waals surface area contributed by atoms with Crippen molar-refractivity contribution in [3.63, 3.8) is 0 Å². The van der Waals surface area contributed by atoms with E-state index in [0.29, 0.717) is 6.42 Å². The van der Waals surface area contributed by atoms with Crippen molar-refractivity contribution in [2.45, 2.75) is 161 Å². The highest BCUT2D eigenvalue weighted by Gasteiger charge is 2.74. The lowest BCUT2D eigenvalue weighted by Gasteiger charge is -2.65. The summed E-state index contributed by atoms with van der Waals surface area (Å²) in [6.45, 7) is 15.1. The minimum absolute atomic E-state index is 0.00565. The zero-order valence-electron chi connectivity index (χ0n) is 31.5. The Morgan fingerprint density at radius 2 is 1.59 bits per heavy atom. The molecule has 0 aromatic rings. The van der Waals surface area contributed by atoms with Gasteiger partial charge >= 0.3 is 5.97 Å². The second-order valence-corrected chi connectivity index (χ2v) is 18.2. The van der Waals surface area contributed by atoms with E-state index in [0.717, 1.165) is 5.57 Å². The third-order valence-electron chi connectivity index (χ3n) is 14.3. The van der Waals surface area contributed by atoms with Crippen LogP contribution < -0.4 is 0 Å². The largest absolute Gasteiger partial charge is 0.460 e. The SMILES string of the molecule is CC(=O)OC(C)(C)CCC(=O)[C@](C)(O)C1[C@H](O)C[C@@]2(C)C3CC=C4C(C[C@H](O)[C@@H](O[C@@H]5O[C@H](CO)[C@@H](O)[C@H](O)[C@H]5O)C4(C)C)[C@]3(C)C(=O)C[C@]12C. The number of aliphatic hydroxyl groups is 7. The highest BCUT2D eigenvalue weighted by Crippen LogP contribution is 2.74. The van der Waals surface area contributed by atoms with Crippen LogP contribution in [0, 0.1) is 39.4 Å². The van der Waals surface area contributed by atoms with Crippen LogP contribution in [0.5, 0.6) is 0 Å². The molecule has 290 valence electrons. The number of esters is 1. The molecule has 13 heteroatoms. The number of allylic oxidation sites excluding steroid dienone is 1. The number of carbonyl (C=O) groups excluding carboxylic acids is 3. The first-order chi connectivity index (χ1) is 23.3. The van der Waals surface area contributed by atoms with Gasteiger partial charge in [-0.3, -0.25) is 14.4 Å². The molecular formula is C38H60O13. The van der Waals surface area contributed by atoms with Crippen molar-refractivity contribution < 1.29 is 64.3 Å². The number of rotatable bonds is 9. The minimum atomic E-state index is -1.97. The monoisotopic (exact) mass is 724 g/mol. The molecule has 15 atom stereocenters. The van der Waals surface area contributed by atoms with Gasteiger partial charge in [0.05, 0.1) is 24.9 Å². The van der Waals surface area contributed by atoms with Gasteiger partial charge < -0.3 is 50.0 Å². The van der Waals surface area contributed by atoms with Crippen LogP contribution in [0.2, 0.25) is 0 Å². The number of aliphatic hydroxyl groups excluding tert-OH is 6. The van der Waals surface area contributed by atoms with Crippen LogP contribution in [0.3, 0.4) is 0 Å². The van der Waals surface area contributed by atoms with Gasteiger partial charge in [0.15, 0.2) is 12.1 Å². The number of carbonyl (C=O) groups is 3. The number of hydrogen-bond acceptors (Lipinski definition) is 13. The van der Waals surface area contributed by atoms with Crippen LogP contribution in [-0.4, -0.2) is 120 Å². The van der Waals surface area contributed by atoms with E-state index in [1.807, 2.05) is 34.6 Å². The molecule has 4 fully saturated rings. The molecule has 4 aliphatic carbocycles. The normalized spacial score (nSPS) is 46.2. The first kappa shape index (κ1) is 40.4. The Labute approximate surface area is 300 Å². The molecule has 0 aromatic carbocycles. The van der Waals surface area contributed by atoms with E-state index in [4.69, 9.17) is 14.2 Å². The molecule has 5 rings (SSSR count). The van der Waals surface area contributed by atoms with Crippen molar-refractivity contribution >= 4 is 17.5 Å². The minimum Gasteiger partial charge on any atom is -0.460 e. The van der Waals surface area contributed by atoms with Gasteiger partial charge in [-0.2, -0.15) is 0 Å². The third kappa shape index (κ3) is 6.16. The highest BCUT2D eigenvalue weighted by molar-refractivity contribution is 5.90. The molecule has 0 bridgehead atoms. The predicted octanol–water partition coefficient (Wildman–Crippen LogP) is 1.34. The van der Waals surface area contributed by atoms with Crippen LogP contribution in [-0.2, 0) is 28.6 Å². The van der Waals surface area contributed by atoms with Gasteiger partial charge in [-0.15, -0.1) is 0 Å². The Kier molecular flexibility index (Phi) is 10.4. The van der Waals surface area contributed by atoms with E-state index in [1.165, 1.54) is 13.8 Å². The Morgan fingerprint density at radius 1 is 0.961 bits per heavy atom. The molecule has 3 unspecified atom stereocenters. The maximum Gasteiger partial charge on any atom is 0.303 e. The Hall–Kier alpha value is -1.81. The van der Waals surface area contributed by atoms with Crippen LogP contribution >= 0.6 is 0 Å². The zero-order chi connectivity index (χ0) is 38.4. The summed E-state index contributed by atoms with van der Waals surface area (Å²) in [7, 11) is 0. The third-order valence-corrected chi connectivity index (χ3v) is 14.3. The van der Waals surface area contributed by atoms with Gasteiger partial charge in [-0.1, -0.05) is 46.3 Å². The van der Waals surface area contributed by atoms with Crippen molar-refractivity contribution in [3.05, 3.63) is 11.6 Å². The van der Waals surface area contributed by atoms with E-state index >= 15 is 0 Å². The summed E-state index contributed by atoms with van der Waals surface area (Å²) in [5.74, 6) is -2.70. The van der Waals surface area contributed by atoms with Crippen molar-refractivity contribution in [2.75, 3.05) is 6.61 Å². The van der Waals surface area contributed by atoms with E-state index in [9.17, 15) is 50.1 Å². The van der Waals surface area contributed by atoms with Crippen LogP contribution in [0.1, 0.15) is 101 Å². The standard InChI is InChI=1S/C38H60O13/c1-18(40)51-33(2,3)13-12-25(43)38(9,48)30-22(42)15-35(6)24-11-10-19-20(37(24,8)26(44)16-36(30,35)7)14-21(41)31(34(19,4)5)50-32-29(47)28(46)27(45)23(17-39)49-32/h10,20-24,27-32,39,41-42,45-48H,11-17H2,1-9H3/t20?,21-,22+,23+,24?,27+,28-,29+,30?,31+,32-,35-,36+,37-,38-/m0/s1. The lowest BCUT2D eigenvalue weighted by Crippen LogP contribution is -2.66. The van der Waals surface area contributed by atoms with Crippen LogP contribution in [0.25, 0.3) is 0 Å². The maximum absolute atomic E-state index is 14.7. The maximum atomic E-state index is 14.7. The number of fused-ring (bicyclic) bond motifs is 5. The summed E-state index contributed by atoms with van der Waals surface area (Å²) in [5.41, 5.74) is -5.51. The van der Waals surface area contributed by atoms with Gasteiger partial charge in [-0.05, 0) is 69.1 Å². The topological polar surface area (TPSA) is 221 Å². The Morgan fingerprint density at radius 3 is 2.18 bits per heavy atom. The fourth-order valence-corrected chi connectivity index (χ4v) is 11.4. The fraction of sp³-hybridized carbons (Fsp3) is 0.868. The van der Waals surface area contributed by atoms with E-state index in [-0.39, 0.29) is 43.8 Å². The molecule has 1 heterocycles. The molecule has 0 aromatic heterocycles. The first-order valence-corrected chi connectivity index (χ1v) is 18.3. The average Bonchev–Trinajstić information content (AvgIpc) is 3.22. The van der Waals surface area contributed by atoms with Crippen molar-refractivity contribution in [1.29, 1.82) is 0 Å². The first-order valence-electron chi connectivity index (χ1n) is 18.3. The van der Waals surface area contributed by atoms with E-state index < -0.39 is 112 Å². The molecular weight excluding hydrogens is 664 g/mol. The summed E-state index contributed by atoms with van der Waals surface area (Å²) < 4.78 is 17.1. The van der Waals surface area contributed by atoms with Crippen molar-refractivity contribution in [3.8, 4) is 0 Å². The number of ketones is 2. The second-order valence-electron chi connectivity index (χ2n) is 18.2. The van der Waals surface area contributed by atoms with Crippen molar-refractivity contribution in [1.82, 2.24) is 0 Å². The van der Waals surface area contributed by atoms with Gasteiger partial charge in [0.2, 0.25) is 0 Å². The molecule has 1 saturated heterocycles. The predicted molar refractivity (Wildman–Crippen MR) is 181 cm³/mol. The number of hydrogen-bond donors (Lipinski definition) is 7. The summed E-state index contributed by atoms with van der Waals surface area (Å²) >= 11 is 0. The Bertz CT molecular complexity index is 1420. The van der Waals surface area contributed by atoms with Gasteiger partial charge in [0.1, 0.15) is 41.4 Å². The van der Waals surface area contributed by atoms with E-state index in [2.05, 4.69) is 6.08 Å². The summed E-state index contributed by atoms with van der Waals surface area (Å²) in [5, 5.41) is 76.3. The molecule has 5 aliphatic rings. The zero-order valence-corrected chi connectivity index (χ0v) is 31.5. The molecule has 1 aliphatic heterocycles. The molecule has 0 spiro atoms. The average molecular weight is 725 g/mol. The molecule has 13 nitrogen and oxygen atoms in total. The molecule has 0 amide bonds. The Balaban J connectivity index is 1.44. The quantitative estimate of drug-likeness (QED) is 0.132. The lowest BCUT2D eigenvalue weighted by molar-refractivity contribution is -0.327. The molecule has 0 radical (unpaired) electrons. The van der Waals surface area contributed by atoms with E-state index in [1.54, 1.807) is 13.8 Å². The molecule has 7 N–H and O–H groups in total. The smallest absolute Gasteiger partial charge is 0.303 e. The lowest BCUT2D eigenvalue weighted by atomic mass is 9.38. The van der Waals surface area contributed by atoms with Gasteiger partial charge in [0.25, 0.3) is 0 Å². The second kappa shape index (κ2) is 13.2. The number of ether oxygens (including phenoxy) is 3.